The van der Waals surface area contributed by atoms with Crippen LogP contribution in [-0.4, -0.2) is 21.6 Å². The summed E-state index contributed by atoms with van der Waals surface area (Å²) in [5.74, 6) is 0.255. The van der Waals surface area contributed by atoms with Crippen molar-refractivity contribution >= 4 is 71.6 Å². The molecule has 0 fully saturated rings. The van der Waals surface area contributed by atoms with Crippen LogP contribution in [0.15, 0.2) is 63.5 Å². The van der Waals surface area contributed by atoms with E-state index in [0.29, 0.717) is 10.9 Å². The van der Waals surface area contributed by atoms with Crippen molar-refractivity contribution in [1.82, 2.24) is 9.97 Å². The Labute approximate surface area is 177 Å². The molecule has 8 heteroatoms. The van der Waals surface area contributed by atoms with Gasteiger partial charge in [0.05, 0.1) is 16.0 Å². The first kappa shape index (κ1) is 18.6. The number of para-hydroxylation sites is 1. The number of anilines is 1. The molecule has 0 aliphatic rings. The Morgan fingerprint density at radius 3 is 2.74 bits per heavy atom. The molecule has 2 heterocycles. The zero-order chi connectivity index (χ0) is 18.6. The Balaban J connectivity index is 1.31. The molecule has 1 N–H and O–H groups in total. The number of rotatable bonds is 6. The number of thioether (sulfide) groups is 1. The number of thiazole rings is 2. The fourth-order valence-corrected chi connectivity index (χ4v) is 5.44. The first-order valence-corrected chi connectivity index (χ1v) is 11.5. The van der Waals surface area contributed by atoms with Gasteiger partial charge in [-0.1, -0.05) is 52.0 Å². The molecule has 2 aromatic heterocycles. The van der Waals surface area contributed by atoms with Gasteiger partial charge in [0.1, 0.15) is 0 Å². The summed E-state index contributed by atoms with van der Waals surface area (Å²) in [6.45, 7) is 0. The highest BCUT2D eigenvalue weighted by Crippen LogP contribution is 2.29. The second-order valence-electron chi connectivity index (χ2n) is 5.72. The van der Waals surface area contributed by atoms with Crippen LogP contribution in [-0.2, 0) is 11.2 Å². The second kappa shape index (κ2) is 8.52. The summed E-state index contributed by atoms with van der Waals surface area (Å²) in [4.78, 5) is 22.2. The highest BCUT2D eigenvalue weighted by molar-refractivity contribution is 9.10. The molecule has 0 unspecified atom stereocenters. The fourth-order valence-electron chi connectivity index (χ4n) is 2.45. The van der Waals surface area contributed by atoms with Gasteiger partial charge in [-0.25, -0.2) is 9.97 Å². The lowest BCUT2D eigenvalue weighted by molar-refractivity contribution is -0.113. The largest absolute Gasteiger partial charge is 0.301 e. The van der Waals surface area contributed by atoms with Gasteiger partial charge in [-0.3, -0.25) is 4.79 Å². The van der Waals surface area contributed by atoms with Crippen LogP contribution in [0.1, 0.15) is 10.4 Å². The molecule has 0 aliphatic carbocycles. The monoisotopic (exact) mass is 475 g/mol. The summed E-state index contributed by atoms with van der Waals surface area (Å²) in [6.07, 6.45) is 2.63. The number of benzene rings is 2. The molecule has 0 radical (unpaired) electrons. The molecule has 0 saturated carbocycles. The molecule has 0 aliphatic heterocycles. The van der Waals surface area contributed by atoms with Crippen LogP contribution in [0.3, 0.4) is 0 Å². The average Bonchev–Trinajstić information content (AvgIpc) is 3.28. The van der Waals surface area contributed by atoms with E-state index < -0.39 is 0 Å². The Morgan fingerprint density at radius 1 is 1.11 bits per heavy atom. The number of carbonyl (C=O) groups is 1. The van der Waals surface area contributed by atoms with E-state index in [0.717, 1.165) is 30.3 Å². The maximum atomic E-state index is 12.2. The molecule has 0 spiro atoms. The molecule has 0 bridgehead atoms. The van der Waals surface area contributed by atoms with Gasteiger partial charge < -0.3 is 5.32 Å². The number of nitrogens with zero attached hydrogens (tertiary/aromatic N) is 2. The summed E-state index contributed by atoms with van der Waals surface area (Å²) in [5.41, 5.74) is 2.19. The van der Waals surface area contributed by atoms with Crippen molar-refractivity contribution in [1.29, 1.82) is 0 Å². The molecule has 136 valence electrons. The van der Waals surface area contributed by atoms with E-state index in [1.807, 2.05) is 42.6 Å². The lowest BCUT2D eigenvalue weighted by Gasteiger charge is -2.00. The molecular formula is C19H14BrN3OS3. The number of fused-ring (bicyclic) bond motifs is 1. The minimum Gasteiger partial charge on any atom is -0.301 e. The van der Waals surface area contributed by atoms with E-state index in [-0.39, 0.29) is 5.91 Å². The van der Waals surface area contributed by atoms with Crippen molar-refractivity contribution in [3.63, 3.8) is 0 Å². The van der Waals surface area contributed by atoms with Crippen LogP contribution in [0.2, 0.25) is 0 Å². The number of amides is 1. The van der Waals surface area contributed by atoms with Gasteiger partial charge >= 0.3 is 0 Å². The highest BCUT2D eigenvalue weighted by Gasteiger charge is 2.10. The molecule has 1 amide bonds. The molecule has 4 nitrogen and oxygen atoms in total. The fraction of sp³-hybridized carbons (Fsp3) is 0.105. The second-order valence-corrected chi connectivity index (χ2v) is 10.0. The Hall–Kier alpha value is -1.74. The number of halogens is 1. The van der Waals surface area contributed by atoms with E-state index in [1.165, 1.54) is 28.7 Å². The zero-order valence-corrected chi connectivity index (χ0v) is 18.1. The lowest BCUT2D eigenvalue weighted by atomic mass is 10.1. The van der Waals surface area contributed by atoms with Crippen LogP contribution in [0.5, 0.6) is 0 Å². The SMILES string of the molecule is O=C(CSc1nc2ccccc2s1)Nc1ncc(Cc2ccc(Br)cc2)s1. The predicted molar refractivity (Wildman–Crippen MR) is 118 cm³/mol. The topological polar surface area (TPSA) is 54.9 Å². The maximum Gasteiger partial charge on any atom is 0.236 e. The van der Waals surface area contributed by atoms with Crippen molar-refractivity contribution in [2.75, 3.05) is 11.1 Å². The Morgan fingerprint density at radius 2 is 1.93 bits per heavy atom. The van der Waals surface area contributed by atoms with Gasteiger partial charge in [0, 0.05) is 22.0 Å². The predicted octanol–water partition coefficient (Wildman–Crippen LogP) is 5.84. The maximum absolute atomic E-state index is 12.2. The van der Waals surface area contributed by atoms with E-state index >= 15 is 0 Å². The smallest absolute Gasteiger partial charge is 0.236 e. The standard InChI is InChI=1S/C19H14BrN3OS3/c20-13-7-5-12(6-8-13)9-14-10-21-18(26-14)23-17(24)11-25-19-22-15-3-1-2-4-16(15)27-19/h1-8,10H,9,11H2,(H,21,23,24). The van der Waals surface area contributed by atoms with Gasteiger partial charge in [0.15, 0.2) is 9.47 Å². The lowest BCUT2D eigenvalue weighted by Crippen LogP contribution is -2.13. The number of aromatic nitrogens is 2. The van der Waals surface area contributed by atoms with Gasteiger partial charge in [-0.15, -0.1) is 22.7 Å². The number of hydrogen-bond donors (Lipinski definition) is 1. The minimum absolute atomic E-state index is 0.0659. The summed E-state index contributed by atoms with van der Waals surface area (Å²) in [7, 11) is 0. The van der Waals surface area contributed by atoms with E-state index in [4.69, 9.17) is 0 Å². The first-order chi connectivity index (χ1) is 13.2. The molecule has 0 saturated heterocycles. The number of carbonyl (C=O) groups excluding carboxylic acids is 1. The van der Waals surface area contributed by atoms with Gasteiger partial charge in [0.25, 0.3) is 0 Å². The van der Waals surface area contributed by atoms with Crippen molar-refractivity contribution in [2.24, 2.45) is 0 Å². The van der Waals surface area contributed by atoms with Gasteiger partial charge in [-0.05, 0) is 29.8 Å². The van der Waals surface area contributed by atoms with Crippen LogP contribution in [0.4, 0.5) is 5.13 Å². The van der Waals surface area contributed by atoms with E-state index in [2.05, 4.69) is 43.3 Å². The number of nitrogens with one attached hydrogen (secondary N) is 1. The summed E-state index contributed by atoms with van der Waals surface area (Å²) in [5, 5.41) is 3.51. The van der Waals surface area contributed by atoms with Crippen LogP contribution >= 0.6 is 50.4 Å². The third-order valence-electron chi connectivity index (χ3n) is 3.69. The van der Waals surface area contributed by atoms with Crippen LogP contribution in [0, 0.1) is 0 Å². The third kappa shape index (κ3) is 4.95. The molecule has 0 atom stereocenters. The number of hydrogen-bond acceptors (Lipinski definition) is 6. The summed E-state index contributed by atoms with van der Waals surface area (Å²) < 4.78 is 3.11. The highest BCUT2D eigenvalue weighted by atomic mass is 79.9. The Kier molecular flexibility index (Phi) is 5.87. The summed E-state index contributed by atoms with van der Waals surface area (Å²) >= 11 is 8.01. The van der Waals surface area contributed by atoms with Crippen LogP contribution < -0.4 is 5.32 Å². The molecule has 27 heavy (non-hydrogen) atoms. The normalized spacial score (nSPS) is 11.0. The van der Waals surface area contributed by atoms with E-state index in [9.17, 15) is 4.79 Å². The zero-order valence-electron chi connectivity index (χ0n) is 14.0. The molecular weight excluding hydrogens is 462 g/mol. The first-order valence-electron chi connectivity index (χ1n) is 8.13. The molecule has 4 aromatic rings. The average molecular weight is 476 g/mol. The van der Waals surface area contributed by atoms with E-state index in [1.54, 1.807) is 11.3 Å². The summed E-state index contributed by atoms with van der Waals surface area (Å²) in [6, 6.07) is 16.2. The van der Waals surface area contributed by atoms with Gasteiger partial charge in [-0.2, -0.15) is 0 Å². The minimum atomic E-state index is -0.0659. The quantitative estimate of drug-likeness (QED) is 0.356. The van der Waals surface area contributed by atoms with Gasteiger partial charge in [0.2, 0.25) is 5.91 Å². The Bertz CT molecular complexity index is 1040. The van der Waals surface area contributed by atoms with Crippen molar-refractivity contribution < 1.29 is 4.79 Å². The van der Waals surface area contributed by atoms with Crippen molar-refractivity contribution in [3.8, 4) is 0 Å². The van der Waals surface area contributed by atoms with Crippen LogP contribution in [0.25, 0.3) is 10.2 Å². The molecule has 4 rings (SSSR count). The van der Waals surface area contributed by atoms with Crippen molar-refractivity contribution in [3.05, 3.63) is 69.6 Å². The molecule has 2 aromatic carbocycles. The third-order valence-corrected chi connectivity index (χ3v) is 7.31. The van der Waals surface area contributed by atoms with Crippen molar-refractivity contribution in [2.45, 2.75) is 10.8 Å².